The van der Waals surface area contributed by atoms with Crippen molar-refractivity contribution < 1.29 is 0 Å². The van der Waals surface area contributed by atoms with Crippen molar-refractivity contribution in [3.05, 3.63) is 34.6 Å². The van der Waals surface area contributed by atoms with Gasteiger partial charge >= 0.3 is 0 Å². The van der Waals surface area contributed by atoms with Gasteiger partial charge in [0.2, 0.25) is 0 Å². The number of nitrogens with zero attached hydrogens (tertiary/aromatic N) is 4. The lowest BCUT2D eigenvalue weighted by molar-refractivity contribution is 0.666. The molecule has 2 aromatic rings. The highest BCUT2D eigenvalue weighted by molar-refractivity contribution is 6.30. The van der Waals surface area contributed by atoms with Gasteiger partial charge in [0.15, 0.2) is 0 Å². The van der Waals surface area contributed by atoms with Crippen LogP contribution in [-0.4, -0.2) is 32.4 Å². The van der Waals surface area contributed by atoms with Crippen LogP contribution in [-0.2, 0) is 20.0 Å². The predicted molar refractivity (Wildman–Crippen MR) is 81.1 cm³/mol. The zero-order valence-corrected chi connectivity index (χ0v) is 13.1. The molecule has 0 aliphatic rings. The quantitative estimate of drug-likeness (QED) is 0.797. The Balaban J connectivity index is 1.95. The molecule has 0 aromatic carbocycles. The van der Waals surface area contributed by atoms with Crippen LogP contribution < -0.4 is 5.32 Å². The Morgan fingerprint density at radius 3 is 2.80 bits per heavy atom. The van der Waals surface area contributed by atoms with Crippen molar-refractivity contribution in [2.24, 2.45) is 7.05 Å². The third-order valence-corrected chi connectivity index (χ3v) is 3.75. The Morgan fingerprint density at radius 1 is 1.35 bits per heavy atom. The average molecular weight is 296 g/mol. The summed E-state index contributed by atoms with van der Waals surface area (Å²) in [4.78, 5) is 4.43. The fourth-order valence-corrected chi connectivity index (χ4v) is 2.41. The Bertz CT molecular complexity index is 558. The van der Waals surface area contributed by atoms with E-state index in [2.05, 4.69) is 33.1 Å². The van der Waals surface area contributed by atoms with Gasteiger partial charge < -0.3 is 9.88 Å². The third-order valence-electron chi connectivity index (χ3n) is 3.28. The maximum Gasteiger partial charge on any atom is 0.131 e. The number of halogens is 1. The molecular weight excluding hydrogens is 274 g/mol. The monoisotopic (exact) mass is 295 g/mol. The molecule has 0 saturated heterocycles. The molecule has 0 unspecified atom stereocenters. The van der Waals surface area contributed by atoms with Crippen molar-refractivity contribution in [1.82, 2.24) is 24.6 Å². The third kappa shape index (κ3) is 3.61. The fourth-order valence-electron chi connectivity index (χ4n) is 2.18. The molecule has 0 fully saturated rings. The molecule has 6 heteroatoms. The van der Waals surface area contributed by atoms with Crippen molar-refractivity contribution in [2.75, 3.05) is 13.1 Å². The predicted octanol–water partition coefficient (Wildman–Crippen LogP) is 2.17. The van der Waals surface area contributed by atoms with Gasteiger partial charge in [0.1, 0.15) is 5.15 Å². The summed E-state index contributed by atoms with van der Waals surface area (Å²) in [6.07, 6.45) is 6.05. The van der Waals surface area contributed by atoms with Gasteiger partial charge in [-0.15, -0.1) is 0 Å². The van der Waals surface area contributed by atoms with E-state index in [4.69, 9.17) is 11.6 Å². The van der Waals surface area contributed by atoms with Gasteiger partial charge in [-0.25, -0.2) is 4.98 Å². The van der Waals surface area contributed by atoms with E-state index in [0.29, 0.717) is 11.7 Å². The molecule has 0 bridgehead atoms. The van der Waals surface area contributed by atoms with Crippen molar-refractivity contribution in [2.45, 2.75) is 33.2 Å². The number of aryl methyl sites for hydroxylation is 2. The molecule has 110 valence electrons. The Labute approximate surface area is 125 Å². The van der Waals surface area contributed by atoms with E-state index in [1.807, 2.05) is 20.3 Å². The molecule has 0 aliphatic carbocycles. The van der Waals surface area contributed by atoms with E-state index < -0.39 is 0 Å². The Kier molecular flexibility index (Phi) is 5.20. The summed E-state index contributed by atoms with van der Waals surface area (Å²) in [7, 11) is 1.86. The summed E-state index contributed by atoms with van der Waals surface area (Å²) >= 11 is 6.25. The number of imidazole rings is 1. The minimum Gasteiger partial charge on any atom is -0.333 e. The maximum absolute atomic E-state index is 6.25. The summed E-state index contributed by atoms with van der Waals surface area (Å²) in [6.45, 7) is 6.89. The number of rotatable bonds is 7. The van der Waals surface area contributed by atoms with Crippen LogP contribution in [0.15, 0.2) is 12.5 Å². The molecule has 20 heavy (non-hydrogen) atoms. The number of aromatic nitrogens is 4. The maximum atomic E-state index is 6.25. The van der Waals surface area contributed by atoms with Gasteiger partial charge in [-0.3, -0.25) is 4.68 Å². The molecule has 2 heterocycles. The van der Waals surface area contributed by atoms with Crippen molar-refractivity contribution >= 4 is 11.6 Å². The van der Waals surface area contributed by atoms with E-state index in [9.17, 15) is 0 Å². The van der Waals surface area contributed by atoms with E-state index >= 15 is 0 Å². The summed E-state index contributed by atoms with van der Waals surface area (Å²) in [6, 6.07) is 0. The first-order valence-corrected chi connectivity index (χ1v) is 7.39. The Hall–Kier alpha value is -1.33. The molecule has 0 amide bonds. The lowest BCUT2D eigenvalue weighted by atomic mass is 10.2. The molecule has 0 aliphatic heterocycles. The van der Waals surface area contributed by atoms with Crippen molar-refractivity contribution in [3.63, 3.8) is 0 Å². The summed E-state index contributed by atoms with van der Waals surface area (Å²) in [5.41, 5.74) is 3.13. The van der Waals surface area contributed by atoms with Gasteiger partial charge in [-0.05, 0) is 19.9 Å². The highest BCUT2D eigenvalue weighted by atomic mass is 35.5. The zero-order chi connectivity index (χ0) is 14.5. The van der Waals surface area contributed by atoms with Crippen LogP contribution >= 0.6 is 11.6 Å². The largest absolute Gasteiger partial charge is 0.333 e. The zero-order valence-electron chi connectivity index (χ0n) is 12.4. The van der Waals surface area contributed by atoms with Gasteiger partial charge in [0.05, 0.1) is 24.3 Å². The summed E-state index contributed by atoms with van der Waals surface area (Å²) in [5.74, 6) is 0. The van der Waals surface area contributed by atoms with E-state index in [-0.39, 0.29) is 0 Å². The lowest BCUT2D eigenvalue weighted by Gasteiger charge is -2.02. The second-order valence-corrected chi connectivity index (χ2v) is 5.37. The van der Waals surface area contributed by atoms with Gasteiger partial charge in [0, 0.05) is 31.8 Å². The molecule has 5 nitrogen and oxygen atoms in total. The molecule has 0 radical (unpaired) electrons. The number of nitrogens with one attached hydrogen (secondary N) is 1. The second kappa shape index (κ2) is 6.90. The van der Waals surface area contributed by atoms with Crippen LogP contribution in [0, 0.1) is 6.92 Å². The van der Waals surface area contributed by atoms with E-state index in [0.717, 1.165) is 42.9 Å². The standard InChI is InChI=1S/C14H22ClN5/c1-4-6-16-7-5-12-8-20(10-17-12)9-13-11(2)18-19(3)14(13)15/h8,10,16H,4-7,9H2,1-3H3. The highest BCUT2D eigenvalue weighted by Gasteiger charge is 2.11. The van der Waals surface area contributed by atoms with Crippen LogP contribution in [0.4, 0.5) is 0 Å². The highest BCUT2D eigenvalue weighted by Crippen LogP contribution is 2.19. The van der Waals surface area contributed by atoms with Gasteiger partial charge in [0.25, 0.3) is 0 Å². The first kappa shape index (κ1) is 15.1. The van der Waals surface area contributed by atoms with Crippen LogP contribution in [0.1, 0.15) is 30.3 Å². The van der Waals surface area contributed by atoms with Crippen LogP contribution in [0.2, 0.25) is 5.15 Å². The molecule has 0 saturated carbocycles. The first-order chi connectivity index (χ1) is 9.61. The van der Waals surface area contributed by atoms with Crippen LogP contribution in [0.5, 0.6) is 0 Å². The Morgan fingerprint density at radius 2 is 2.15 bits per heavy atom. The average Bonchev–Trinajstić information content (AvgIpc) is 2.96. The molecule has 2 rings (SSSR count). The van der Waals surface area contributed by atoms with Crippen LogP contribution in [0.3, 0.4) is 0 Å². The molecule has 2 aromatic heterocycles. The van der Waals surface area contributed by atoms with Crippen molar-refractivity contribution in [3.8, 4) is 0 Å². The fraction of sp³-hybridized carbons (Fsp3) is 0.571. The van der Waals surface area contributed by atoms with Gasteiger partial charge in [-0.2, -0.15) is 5.10 Å². The number of hydrogen-bond acceptors (Lipinski definition) is 3. The topological polar surface area (TPSA) is 47.7 Å². The van der Waals surface area contributed by atoms with E-state index in [1.54, 1.807) is 4.68 Å². The normalized spacial score (nSPS) is 11.2. The molecular formula is C14H22ClN5. The van der Waals surface area contributed by atoms with Gasteiger partial charge in [-0.1, -0.05) is 18.5 Å². The SMILES string of the molecule is CCCNCCc1cn(Cc2c(C)nn(C)c2Cl)cn1. The molecule has 0 atom stereocenters. The van der Waals surface area contributed by atoms with E-state index in [1.165, 1.54) is 0 Å². The van der Waals surface area contributed by atoms with Crippen molar-refractivity contribution in [1.29, 1.82) is 0 Å². The molecule has 0 spiro atoms. The smallest absolute Gasteiger partial charge is 0.131 e. The minimum atomic E-state index is 0.697. The lowest BCUT2D eigenvalue weighted by Crippen LogP contribution is -2.17. The summed E-state index contributed by atoms with van der Waals surface area (Å²) in [5, 5.41) is 8.40. The minimum absolute atomic E-state index is 0.697. The number of hydrogen-bond donors (Lipinski definition) is 1. The first-order valence-electron chi connectivity index (χ1n) is 7.01. The molecule has 1 N–H and O–H groups in total. The second-order valence-electron chi connectivity index (χ2n) is 5.02. The van der Waals surface area contributed by atoms with Crippen LogP contribution in [0.25, 0.3) is 0 Å². The summed E-state index contributed by atoms with van der Waals surface area (Å²) < 4.78 is 3.77.